The van der Waals surface area contributed by atoms with Crippen molar-refractivity contribution in [3.8, 4) is 45.7 Å². The Hall–Kier alpha value is -7.18. The molecular formula is C52H44F4N10O4. The number of aromatic nitrogens is 10. The third-order valence-electron chi connectivity index (χ3n) is 16.2. The fourth-order valence-electron chi connectivity index (χ4n) is 12.8. The molecule has 8 aromatic rings. The summed E-state index contributed by atoms with van der Waals surface area (Å²) >= 11 is 0. The summed E-state index contributed by atoms with van der Waals surface area (Å²) in [5, 5.41) is 38.7. The van der Waals surface area contributed by atoms with Gasteiger partial charge in [-0.25, -0.2) is 37.5 Å². The van der Waals surface area contributed by atoms with Crippen molar-refractivity contribution >= 4 is 0 Å². The Labute approximate surface area is 397 Å². The van der Waals surface area contributed by atoms with Gasteiger partial charge in [-0.05, 0) is 109 Å². The minimum atomic E-state index is -1.13. The van der Waals surface area contributed by atoms with E-state index in [1.54, 1.807) is 44.6 Å². The van der Waals surface area contributed by atoms with Crippen LogP contribution in [0.25, 0.3) is 45.7 Å². The second kappa shape index (κ2) is 15.2. The standard InChI is InChI=1S/C52H44F4N10O4/c1-23(67)37-21-69-47(61-37)35-17-57-19-39(59-35)51-13-12-29(49(51,3)4)26-14-34(64-65-45(26)51)42-32(55)11-10-25(44(42)56)28-16-52(40-20-58-18-36(60-40)48-62-38(22-70-48)24(2)68)46-27(43(28)50(52,5)6)15-33(63-66-46)41-30(53)8-7-9-31(41)54/h7-11,14-15,17-24,28-29,43,67-68H,12-13,16H2,1-6H3/t23-,24+,28?,29-,43+,51-,52-/m0/s1. The predicted octanol–water partition coefficient (Wildman–Crippen LogP) is 9.95. The van der Waals surface area contributed by atoms with Crippen LogP contribution in [0, 0.1) is 34.1 Å². The predicted molar refractivity (Wildman–Crippen MR) is 242 cm³/mol. The number of aliphatic hydroxyl groups is 2. The molecule has 12 rings (SSSR count). The van der Waals surface area contributed by atoms with Crippen LogP contribution < -0.4 is 0 Å². The first-order chi connectivity index (χ1) is 33.5. The molecule has 2 N–H and O–H groups in total. The fraction of sp³-hybridized carbons (Fsp3) is 0.346. The van der Waals surface area contributed by atoms with Crippen molar-refractivity contribution in [2.75, 3.05) is 0 Å². The van der Waals surface area contributed by atoms with Crippen molar-refractivity contribution in [3.05, 3.63) is 154 Å². The number of fused-ring (bicyclic) bond motifs is 10. The van der Waals surface area contributed by atoms with Crippen molar-refractivity contribution in [3.63, 3.8) is 0 Å². The number of oxazole rings is 2. The molecule has 18 heteroatoms. The lowest BCUT2D eigenvalue weighted by atomic mass is 9.66. The Morgan fingerprint density at radius 3 is 1.73 bits per heavy atom. The number of nitrogens with zero attached hydrogens (tertiary/aromatic N) is 10. The maximum absolute atomic E-state index is 17.9. The molecule has 0 spiro atoms. The highest BCUT2D eigenvalue weighted by molar-refractivity contribution is 5.68. The third-order valence-corrected chi connectivity index (χ3v) is 16.2. The number of hydrogen-bond donors (Lipinski definition) is 2. The second-order valence-electron chi connectivity index (χ2n) is 20.2. The first-order valence-corrected chi connectivity index (χ1v) is 23.1. The molecule has 0 amide bonds. The van der Waals surface area contributed by atoms with Crippen LogP contribution >= 0.6 is 0 Å². The van der Waals surface area contributed by atoms with Crippen LogP contribution in [0.3, 0.4) is 0 Å². The van der Waals surface area contributed by atoms with Gasteiger partial charge >= 0.3 is 0 Å². The molecule has 6 heterocycles. The maximum atomic E-state index is 17.9. The average molecular weight is 949 g/mol. The fourth-order valence-corrected chi connectivity index (χ4v) is 12.8. The maximum Gasteiger partial charge on any atom is 0.247 e. The zero-order valence-corrected chi connectivity index (χ0v) is 38.7. The van der Waals surface area contributed by atoms with E-state index < -0.39 is 69.0 Å². The van der Waals surface area contributed by atoms with E-state index in [4.69, 9.17) is 29.0 Å². The molecule has 0 saturated heterocycles. The quantitative estimate of drug-likeness (QED) is 0.130. The van der Waals surface area contributed by atoms with E-state index in [9.17, 15) is 10.2 Å². The molecule has 4 aliphatic carbocycles. The SMILES string of the molecule is C[C@H](O)c1coc(-c2cncc([C@@]34CC[C@@H](c5cc(-c6c(F)ccc(C7C[C@]8(c9cncc(-c%10nc([C@@H](C)O)co%10)n9)c9nnc(-c%10c(F)cccc%10F)cc9[C@H]7C8(C)C)c6F)nnc53)C4(C)C)n2)n1. The van der Waals surface area contributed by atoms with Crippen molar-refractivity contribution in [2.45, 2.75) is 102 Å². The number of benzene rings is 2. The summed E-state index contributed by atoms with van der Waals surface area (Å²) in [5.74, 6) is -4.25. The number of hydrogen-bond acceptors (Lipinski definition) is 14. The van der Waals surface area contributed by atoms with Crippen LogP contribution in [0.15, 0.2) is 88.6 Å². The van der Waals surface area contributed by atoms with Crippen LogP contribution in [-0.2, 0) is 10.8 Å². The zero-order valence-electron chi connectivity index (χ0n) is 38.7. The van der Waals surface area contributed by atoms with Gasteiger partial charge in [0, 0.05) is 12.4 Å². The van der Waals surface area contributed by atoms with E-state index in [-0.39, 0.29) is 57.9 Å². The third kappa shape index (κ3) is 5.85. The van der Waals surface area contributed by atoms with E-state index in [1.807, 2.05) is 13.8 Å². The van der Waals surface area contributed by atoms with Gasteiger partial charge in [-0.3, -0.25) is 9.97 Å². The van der Waals surface area contributed by atoms with Gasteiger partial charge < -0.3 is 19.0 Å². The minimum Gasteiger partial charge on any atom is -0.443 e. The van der Waals surface area contributed by atoms with Crippen LogP contribution in [0.2, 0.25) is 0 Å². The molecule has 354 valence electrons. The van der Waals surface area contributed by atoms with Gasteiger partial charge in [0.05, 0.1) is 80.7 Å². The largest absolute Gasteiger partial charge is 0.443 e. The Morgan fingerprint density at radius 2 is 1.14 bits per heavy atom. The Bertz CT molecular complexity index is 3450. The molecule has 1 unspecified atom stereocenters. The lowest BCUT2D eigenvalue weighted by Crippen LogP contribution is -2.38. The van der Waals surface area contributed by atoms with Crippen molar-refractivity contribution < 1.29 is 36.6 Å². The zero-order chi connectivity index (χ0) is 48.8. The van der Waals surface area contributed by atoms with E-state index >= 15 is 17.6 Å². The molecular weight excluding hydrogens is 905 g/mol. The molecule has 4 aliphatic rings. The lowest BCUT2D eigenvalue weighted by Gasteiger charge is -2.37. The van der Waals surface area contributed by atoms with Gasteiger partial charge in [-0.1, -0.05) is 39.8 Å². The minimum absolute atomic E-state index is 0.0289. The Balaban J connectivity index is 0.979. The summed E-state index contributed by atoms with van der Waals surface area (Å²) < 4.78 is 76.5. The summed E-state index contributed by atoms with van der Waals surface area (Å²) in [6, 6.07) is 9.61. The van der Waals surface area contributed by atoms with Gasteiger partial charge in [0.1, 0.15) is 58.6 Å². The topological polar surface area (TPSA) is 196 Å². The summed E-state index contributed by atoms with van der Waals surface area (Å²) in [7, 11) is 0. The summed E-state index contributed by atoms with van der Waals surface area (Å²) in [6.45, 7) is 11.4. The molecule has 2 fully saturated rings. The van der Waals surface area contributed by atoms with Gasteiger partial charge in [0.15, 0.2) is 0 Å². The molecule has 6 aromatic heterocycles. The molecule has 0 aliphatic heterocycles. The van der Waals surface area contributed by atoms with E-state index in [2.05, 4.69) is 44.0 Å². The molecule has 14 nitrogen and oxygen atoms in total. The summed E-state index contributed by atoms with van der Waals surface area (Å²) in [5.41, 5.74) is 1.25. The van der Waals surface area contributed by atoms with Crippen LogP contribution in [-0.4, -0.2) is 60.5 Å². The van der Waals surface area contributed by atoms with E-state index in [0.717, 1.165) is 24.1 Å². The molecule has 70 heavy (non-hydrogen) atoms. The molecule has 7 atom stereocenters. The van der Waals surface area contributed by atoms with Crippen LogP contribution in [0.4, 0.5) is 17.6 Å². The first-order valence-electron chi connectivity index (χ1n) is 23.1. The summed E-state index contributed by atoms with van der Waals surface area (Å²) in [6.07, 6.45) is 8.95. The Kier molecular flexibility index (Phi) is 9.54. The Morgan fingerprint density at radius 1 is 0.600 bits per heavy atom. The van der Waals surface area contributed by atoms with Gasteiger partial charge in [-0.15, -0.1) is 10.2 Å². The number of halogens is 4. The van der Waals surface area contributed by atoms with Crippen molar-refractivity contribution in [2.24, 2.45) is 10.8 Å². The molecule has 2 saturated carbocycles. The lowest BCUT2D eigenvalue weighted by molar-refractivity contribution is 0.194. The van der Waals surface area contributed by atoms with Crippen molar-refractivity contribution in [1.82, 2.24) is 50.3 Å². The van der Waals surface area contributed by atoms with E-state index in [0.29, 0.717) is 51.8 Å². The van der Waals surface area contributed by atoms with Crippen LogP contribution in [0.1, 0.15) is 142 Å². The first kappa shape index (κ1) is 44.1. The normalized spacial score (nSPS) is 24.2. The van der Waals surface area contributed by atoms with Crippen molar-refractivity contribution in [1.29, 1.82) is 0 Å². The monoisotopic (exact) mass is 948 g/mol. The smallest absolute Gasteiger partial charge is 0.247 e. The highest BCUT2D eigenvalue weighted by Gasteiger charge is 2.69. The average Bonchev–Trinajstić information content (AvgIpc) is 4.18. The van der Waals surface area contributed by atoms with Gasteiger partial charge in [0.25, 0.3) is 0 Å². The molecule has 2 aromatic carbocycles. The van der Waals surface area contributed by atoms with E-state index in [1.165, 1.54) is 36.9 Å². The number of aliphatic hydroxyl groups excluding tert-OH is 2. The van der Waals surface area contributed by atoms with Crippen LogP contribution in [0.5, 0.6) is 0 Å². The number of rotatable bonds is 9. The molecule has 4 bridgehead atoms. The second-order valence-corrected chi connectivity index (χ2v) is 20.2. The summed E-state index contributed by atoms with van der Waals surface area (Å²) in [4.78, 5) is 27.9. The molecule has 0 radical (unpaired) electrons. The van der Waals surface area contributed by atoms with Gasteiger partial charge in [-0.2, -0.15) is 10.2 Å². The van der Waals surface area contributed by atoms with Gasteiger partial charge in [0.2, 0.25) is 11.8 Å². The highest BCUT2D eigenvalue weighted by atomic mass is 19.1. The highest BCUT2D eigenvalue weighted by Crippen LogP contribution is 2.74.